The van der Waals surface area contributed by atoms with E-state index in [0.717, 1.165) is 11.1 Å². The summed E-state index contributed by atoms with van der Waals surface area (Å²) in [5.74, 6) is -0.256. The van der Waals surface area contributed by atoms with Gasteiger partial charge in [0.2, 0.25) is 5.56 Å². The predicted octanol–water partition coefficient (Wildman–Crippen LogP) is 2.68. The van der Waals surface area contributed by atoms with Crippen LogP contribution in [0.4, 0.5) is 4.39 Å². The molecular weight excluding hydrogens is 205 g/mol. The van der Waals surface area contributed by atoms with Gasteiger partial charge in [-0.1, -0.05) is 24.3 Å². The Morgan fingerprint density at radius 2 is 1.69 bits per heavy atom. The fourth-order valence-corrected chi connectivity index (χ4v) is 1.33. The van der Waals surface area contributed by atoms with Gasteiger partial charge in [-0.15, -0.1) is 0 Å². The predicted molar refractivity (Wildman–Crippen MR) is 62.4 cm³/mol. The quantitative estimate of drug-likeness (QED) is 0.820. The average Bonchev–Trinajstić information content (AvgIpc) is 2.28. The Morgan fingerprint density at radius 3 is 2.38 bits per heavy atom. The minimum absolute atomic E-state index is 0.138. The molecule has 1 aromatic heterocycles. The highest BCUT2D eigenvalue weighted by Gasteiger charge is 1.90. The molecule has 16 heavy (non-hydrogen) atoms. The fraction of sp³-hybridized carbons (Fsp3) is 0. The zero-order valence-corrected chi connectivity index (χ0v) is 8.48. The van der Waals surface area contributed by atoms with Crippen LogP contribution >= 0.6 is 0 Å². The van der Waals surface area contributed by atoms with Gasteiger partial charge in [0, 0.05) is 12.3 Å². The van der Waals surface area contributed by atoms with Crippen LogP contribution in [0.15, 0.2) is 47.4 Å². The average molecular weight is 215 g/mol. The molecule has 3 heteroatoms. The molecule has 1 N–H and O–H groups in total. The lowest BCUT2D eigenvalue weighted by molar-refractivity contribution is 0.628. The van der Waals surface area contributed by atoms with Crippen LogP contribution in [0.5, 0.6) is 0 Å². The molecule has 0 aliphatic carbocycles. The summed E-state index contributed by atoms with van der Waals surface area (Å²) in [4.78, 5) is 13.5. The summed E-state index contributed by atoms with van der Waals surface area (Å²) in [5.41, 5.74) is 1.57. The summed E-state index contributed by atoms with van der Waals surface area (Å²) in [6.45, 7) is 0. The Labute approximate surface area is 92.1 Å². The van der Waals surface area contributed by atoms with Crippen LogP contribution in [-0.2, 0) is 0 Å². The Hall–Kier alpha value is -2.16. The lowest BCUT2D eigenvalue weighted by atomic mass is 10.1. The number of halogens is 1. The van der Waals surface area contributed by atoms with Crippen LogP contribution in [0.3, 0.4) is 0 Å². The SMILES string of the molecule is O=c1cc(/C=C/c2ccc(F)cc2)cc[nH]1. The molecule has 0 atom stereocenters. The minimum Gasteiger partial charge on any atom is -0.329 e. The van der Waals surface area contributed by atoms with Crippen molar-refractivity contribution in [1.29, 1.82) is 0 Å². The molecule has 2 rings (SSSR count). The van der Waals surface area contributed by atoms with E-state index in [9.17, 15) is 9.18 Å². The van der Waals surface area contributed by atoms with Crippen molar-refractivity contribution >= 4 is 12.2 Å². The van der Waals surface area contributed by atoms with Crippen LogP contribution in [0.25, 0.3) is 12.2 Å². The smallest absolute Gasteiger partial charge is 0.248 e. The number of nitrogens with one attached hydrogen (secondary N) is 1. The third-order valence-electron chi connectivity index (χ3n) is 2.14. The molecule has 2 aromatic rings. The first-order valence-corrected chi connectivity index (χ1v) is 4.86. The van der Waals surface area contributed by atoms with E-state index < -0.39 is 0 Å². The molecule has 1 heterocycles. The van der Waals surface area contributed by atoms with Crippen molar-refractivity contribution in [2.45, 2.75) is 0 Å². The van der Waals surface area contributed by atoms with Gasteiger partial charge in [-0.25, -0.2) is 4.39 Å². The van der Waals surface area contributed by atoms with Crippen molar-refractivity contribution in [2.75, 3.05) is 0 Å². The lowest BCUT2D eigenvalue weighted by Crippen LogP contribution is -2.01. The standard InChI is InChI=1S/C13H10FNO/c14-12-5-3-10(4-6-12)1-2-11-7-8-15-13(16)9-11/h1-9H,(H,15,16)/b2-1+. The van der Waals surface area contributed by atoms with Crippen molar-refractivity contribution in [1.82, 2.24) is 4.98 Å². The van der Waals surface area contributed by atoms with E-state index in [2.05, 4.69) is 4.98 Å². The maximum atomic E-state index is 12.6. The monoisotopic (exact) mass is 215 g/mol. The fourth-order valence-electron chi connectivity index (χ4n) is 1.33. The summed E-state index contributed by atoms with van der Waals surface area (Å²) in [5, 5.41) is 0. The van der Waals surface area contributed by atoms with Crippen LogP contribution in [-0.4, -0.2) is 4.98 Å². The zero-order valence-electron chi connectivity index (χ0n) is 8.48. The first-order valence-electron chi connectivity index (χ1n) is 4.86. The van der Waals surface area contributed by atoms with E-state index in [1.165, 1.54) is 18.2 Å². The van der Waals surface area contributed by atoms with Gasteiger partial charge in [0.25, 0.3) is 0 Å². The molecule has 0 spiro atoms. The number of benzene rings is 1. The molecule has 0 amide bonds. The second-order valence-corrected chi connectivity index (χ2v) is 3.37. The third kappa shape index (κ3) is 2.67. The largest absolute Gasteiger partial charge is 0.329 e. The Bertz CT molecular complexity index is 555. The molecule has 0 aliphatic rings. The van der Waals surface area contributed by atoms with Crippen LogP contribution in [0.1, 0.15) is 11.1 Å². The highest BCUT2D eigenvalue weighted by Crippen LogP contribution is 2.07. The van der Waals surface area contributed by atoms with E-state index in [-0.39, 0.29) is 11.4 Å². The van der Waals surface area contributed by atoms with Crippen molar-refractivity contribution < 1.29 is 4.39 Å². The molecule has 0 bridgehead atoms. The van der Waals surface area contributed by atoms with Crippen LogP contribution < -0.4 is 5.56 Å². The second-order valence-electron chi connectivity index (χ2n) is 3.37. The number of hydrogen-bond acceptors (Lipinski definition) is 1. The van der Waals surface area contributed by atoms with Crippen molar-refractivity contribution in [3.63, 3.8) is 0 Å². The molecular formula is C13H10FNO. The van der Waals surface area contributed by atoms with E-state index in [1.54, 1.807) is 24.4 Å². The zero-order chi connectivity index (χ0) is 11.4. The summed E-state index contributed by atoms with van der Waals surface area (Å²) in [7, 11) is 0. The van der Waals surface area contributed by atoms with Crippen LogP contribution in [0, 0.1) is 5.82 Å². The molecule has 0 saturated heterocycles. The maximum Gasteiger partial charge on any atom is 0.248 e. The maximum absolute atomic E-state index is 12.6. The first kappa shape index (κ1) is 10.4. The van der Waals surface area contributed by atoms with Crippen molar-refractivity contribution in [3.8, 4) is 0 Å². The normalized spacial score (nSPS) is 10.8. The molecule has 0 fully saturated rings. The number of aromatic amines is 1. The summed E-state index contributed by atoms with van der Waals surface area (Å²) in [6, 6.07) is 9.45. The van der Waals surface area contributed by atoms with Gasteiger partial charge in [-0.2, -0.15) is 0 Å². The second kappa shape index (κ2) is 4.57. The van der Waals surface area contributed by atoms with Gasteiger partial charge in [-0.05, 0) is 29.3 Å². The van der Waals surface area contributed by atoms with Crippen molar-refractivity contribution in [3.05, 3.63) is 69.9 Å². The van der Waals surface area contributed by atoms with Gasteiger partial charge in [0.1, 0.15) is 5.82 Å². The number of H-pyrrole nitrogens is 1. The molecule has 80 valence electrons. The minimum atomic E-state index is -0.256. The molecule has 0 aliphatic heterocycles. The molecule has 2 nitrogen and oxygen atoms in total. The molecule has 0 saturated carbocycles. The molecule has 0 unspecified atom stereocenters. The number of rotatable bonds is 2. The first-order chi connectivity index (χ1) is 7.74. The van der Waals surface area contributed by atoms with E-state index in [1.807, 2.05) is 12.2 Å². The van der Waals surface area contributed by atoms with Gasteiger partial charge < -0.3 is 4.98 Å². The number of hydrogen-bond donors (Lipinski definition) is 1. The van der Waals surface area contributed by atoms with Gasteiger partial charge in [0.15, 0.2) is 0 Å². The Morgan fingerprint density at radius 1 is 1.00 bits per heavy atom. The van der Waals surface area contributed by atoms with Gasteiger partial charge >= 0.3 is 0 Å². The summed E-state index contributed by atoms with van der Waals surface area (Å²) < 4.78 is 12.6. The van der Waals surface area contributed by atoms with E-state index in [0.29, 0.717) is 0 Å². The van der Waals surface area contributed by atoms with Crippen LogP contribution in [0.2, 0.25) is 0 Å². The lowest BCUT2D eigenvalue weighted by Gasteiger charge is -1.93. The Balaban J connectivity index is 2.21. The summed E-state index contributed by atoms with van der Waals surface area (Å²) >= 11 is 0. The molecule has 1 aromatic carbocycles. The van der Waals surface area contributed by atoms with E-state index in [4.69, 9.17) is 0 Å². The van der Waals surface area contributed by atoms with Gasteiger partial charge in [-0.3, -0.25) is 4.79 Å². The highest BCUT2D eigenvalue weighted by atomic mass is 19.1. The van der Waals surface area contributed by atoms with Crippen molar-refractivity contribution in [2.24, 2.45) is 0 Å². The molecule has 0 radical (unpaired) electrons. The topological polar surface area (TPSA) is 32.9 Å². The summed E-state index contributed by atoms with van der Waals surface area (Å²) in [6.07, 6.45) is 5.23. The number of aromatic nitrogens is 1. The number of pyridine rings is 1. The third-order valence-corrected chi connectivity index (χ3v) is 2.14. The highest BCUT2D eigenvalue weighted by molar-refractivity contribution is 5.69. The Kier molecular flexibility index (Phi) is 2.96. The van der Waals surface area contributed by atoms with E-state index >= 15 is 0 Å². The van der Waals surface area contributed by atoms with Gasteiger partial charge in [0.05, 0.1) is 0 Å².